The van der Waals surface area contributed by atoms with Gasteiger partial charge in [0.1, 0.15) is 5.70 Å². The van der Waals surface area contributed by atoms with Crippen molar-refractivity contribution in [1.82, 2.24) is 15.8 Å². The summed E-state index contributed by atoms with van der Waals surface area (Å²) in [6.07, 6.45) is 0. The highest BCUT2D eigenvalue weighted by Crippen LogP contribution is 2.59. The van der Waals surface area contributed by atoms with Crippen LogP contribution in [0, 0.1) is 0 Å². The molecule has 1 aliphatic heterocycles. The molecule has 0 radical (unpaired) electrons. The second kappa shape index (κ2) is 6.70. The van der Waals surface area contributed by atoms with Crippen LogP contribution in [-0.2, 0) is 0 Å². The average Bonchev–Trinajstić information content (AvgIpc) is 2.47. The average molecular weight is 468 g/mol. The van der Waals surface area contributed by atoms with Crippen molar-refractivity contribution < 1.29 is 17.8 Å². The van der Waals surface area contributed by atoms with Crippen molar-refractivity contribution in [3.63, 3.8) is 0 Å². The molecular weight excluding hydrogens is 463 g/mol. The van der Waals surface area contributed by atoms with Gasteiger partial charge in [-0.15, -0.1) is 4.48 Å². The van der Waals surface area contributed by atoms with Crippen LogP contribution < -0.4 is 0 Å². The van der Waals surface area contributed by atoms with Crippen molar-refractivity contribution in [1.29, 1.82) is 0 Å². The Balaban J connectivity index is 2.92. The van der Waals surface area contributed by atoms with E-state index in [1.54, 1.807) is 0 Å². The lowest BCUT2D eigenvalue weighted by atomic mass is 9.99. The highest BCUT2D eigenvalue weighted by Gasteiger charge is 2.69. The van der Waals surface area contributed by atoms with E-state index in [9.17, 15) is 13.4 Å². The molecule has 1 heterocycles. The number of rotatable bonds is 1. The number of hydrogen-bond donors (Lipinski definition) is 0. The van der Waals surface area contributed by atoms with E-state index >= 15 is 4.39 Å². The summed E-state index contributed by atoms with van der Waals surface area (Å²) in [5.74, 6) is -3.98. The topological polar surface area (TPSA) is 9.72 Å². The first-order valence-corrected chi connectivity index (χ1v) is 8.11. The molecule has 13 heteroatoms. The van der Waals surface area contributed by atoms with E-state index in [4.69, 9.17) is 69.6 Å². The Kier molecular flexibility index (Phi) is 5.71. The third-order valence-electron chi connectivity index (χ3n) is 3.00. The molecule has 2 rings (SSSR count). The lowest BCUT2D eigenvalue weighted by Crippen LogP contribution is -2.64. The normalized spacial score (nSPS) is 24.7. The highest BCUT2D eigenvalue weighted by molar-refractivity contribution is 6.71. The number of hydrogen-bond acceptors (Lipinski definition) is 3. The van der Waals surface area contributed by atoms with Gasteiger partial charge in [-0.1, -0.05) is 114 Å². The van der Waals surface area contributed by atoms with E-state index in [1.165, 1.54) is 30.3 Å². The van der Waals surface area contributed by atoms with Crippen LogP contribution in [0.15, 0.2) is 35.9 Å². The molecule has 24 heavy (non-hydrogen) atoms. The fraction of sp³-hybridized carbons (Fsp3) is 0.273. The van der Waals surface area contributed by atoms with Gasteiger partial charge in [0, 0.05) is 10.8 Å². The number of alkyl halides is 7. The van der Waals surface area contributed by atoms with E-state index in [0.29, 0.717) is 0 Å². The monoisotopic (exact) mass is 465 g/mol. The molecule has 3 nitrogen and oxygen atoms in total. The maximum atomic E-state index is 15.4. The smallest absolute Gasteiger partial charge is 0.212 e. The van der Waals surface area contributed by atoms with E-state index in [0.717, 1.165) is 0 Å². The zero-order valence-electron chi connectivity index (χ0n) is 11.0. The summed E-state index contributed by atoms with van der Waals surface area (Å²) in [5.41, 5.74) is -2.43. The third-order valence-corrected chi connectivity index (χ3v) is 4.32. The quantitative estimate of drug-likeness (QED) is 0.210. The first-order valence-electron chi connectivity index (χ1n) is 5.84. The predicted molar refractivity (Wildman–Crippen MR) is 86.6 cm³/mol. The van der Waals surface area contributed by atoms with Gasteiger partial charge in [-0.25, -0.2) is 4.39 Å². The summed E-state index contributed by atoms with van der Waals surface area (Å²) in [5, 5.41) is -3.80. The minimum absolute atomic E-state index is 0.173. The Bertz CT molecular complexity index is 649. The van der Waals surface area contributed by atoms with Crippen LogP contribution >= 0.6 is 69.6 Å². The van der Waals surface area contributed by atoms with Crippen molar-refractivity contribution >= 4 is 75.3 Å². The number of hydrazine groups is 2. The van der Waals surface area contributed by atoms with Crippen LogP contribution in [0.1, 0.15) is 5.56 Å². The molecule has 1 aromatic carbocycles. The summed E-state index contributed by atoms with van der Waals surface area (Å²) in [6.45, 7) is 0. The molecule has 0 N–H and O–H groups in total. The van der Waals surface area contributed by atoms with Gasteiger partial charge in [-0.3, -0.25) is 0 Å². The van der Waals surface area contributed by atoms with Crippen molar-refractivity contribution in [2.24, 2.45) is 0 Å². The molecule has 1 aliphatic rings. The molecule has 0 spiro atoms. The van der Waals surface area contributed by atoms with Gasteiger partial charge in [-0.05, 0) is 0 Å². The Labute approximate surface area is 163 Å². The minimum atomic E-state index is -3.98. The van der Waals surface area contributed by atoms with Gasteiger partial charge >= 0.3 is 0 Å². The second-order valence-corrected chi connectivity index (χ2v) is 9.03. The summed E-state index contributed by atoms with van der Waals surface area (Å²) in [6, 6.07) is 6.76. The second-order valence-electron chi connectivity index (χ2n) is 4.47. The number of nitrogens with zero attached hydrogens (tertiary/aromatic N) is 3. The molecule has 0 aromatic heterocycles. The zero-order chi connectivity index (χ0) is 18.5. The van der Waals surface area contributed by atoms with Crippen LogP contribution in [-0.4, -0.2) is 29.2 Å². The molecule has 0 saturated heterocycles. The molecule has 1 aromatic rings. The Morgan fingerprint density at radius 3 is 1.79 bits per heavy atom. The van der Waals surface area contributed by atoms with Crippen molar-refractivity contribution in [2.45, 2.75) is 13.4 Å². The van der Waals surface area contributed by atoms with Crippen molar-refractivity contribution in [2.75, 3.05) is 0 Å². The highest BCUT2D eigenvalue weighted by atomic mass is 35.6. The van der Waals surface area contributed by atoms with Crippen molar-refractivity contribution in [3.05, 3.63) is 41.5 Å². The molecule has 0 bridgehead atoms. The lowest BCUT2D eigenvalue weighted by molar-refractivity contribution is -0.445. The van der Waals surface area contributed by atoms with E-state index in [-0.39, 0.29) is 5.56 Å². The van der Waals surface area contributed by atoms with E-state index in [2.05, 4.69) is 0 Å². The van der Waals surface area contributed by atoms with Gasteiger partial charge in [0.2, 0.25) is 7.59 Å². The standard InChI is InChI=1S/C11H5Cl6F4N3/c12-10(13,14)8-7(6-4-2-1-3-5-6)22(19)24(21)23(20)9(8,18)11(15,16)17/h1-5H. The van der Waals surface area contributed by atoms with E-state index < -0.39 is 40.5 Å². The fourth-order valence-electron chi connectivity index (χ4n) is 2.02. The maximum Gasteiger partial charge on any atom is 0.284 e. The minimum Gasteiger partial charge on any atom is -0.212 e. The predicted octanol–water partition coefficient (Wildman–Crippen LogP) is 6.21. The van der Waals surface area contributed by atoms with Crippen LogP contribution in [0.25, 0.3) is 5.70 Å². The number of halogens is 10. The van der Waals surface area contributed by atoms with Gasteiger partial charge in [0.05, 0.1) is 10.9 Å². The lowest BCUT2D eigenvalue weighted by Gasteiger charge is -2.46. The molecule has 1 atom stereocenters. The summed E-state index contributed by atoms with van der Waals surface area (Å²) >= 11 is 33.3. The van der Waals surface area contributed by atoms with Crippen LogP contribution in [0.2, 0.25) is 0 Å². The zero-order valence-corrected chi connectivity index (χ0v) is 15.5. The van der Waals surface area contributed by atoms with Crippen LogP contribution in [0.4, 0.5) is 17.8 Å². The molecule has 0 saturated carbocycles. The SMILES string of the molecule is FN1C(c2ccccc2)=C(C(Cl)(Cl)Cl)C(F)(C(Cl)(Cl)Cl)N(F)N1F. The Morgan fingerprint density at radius 1 is 0.875 bits per heavy atom. The van der Waals surface area contributed by atoms with Gasteiger partial charge in [0.15, 0.2) is 0 Å². The first kappa shape index (κ1) is 20.5. The summed E-state index contributed by atoms with van der Waals surface area (Å²) in [7, 11) is 0. The molecule has 134 valence electrons. The summed E-state index contributed by atoms with van der Waals surface area (Å²) in [4.78, 5) is 0. The molecule has 0 aliphatic carbocycles. The first-order chi connectivity index (χ1) is 10.8. The summed E-state index contributed by atoms with van der Waals surface area (Å²) < 4.78 is 51.6. The molecule has 0 amide bonds. The largest absolute Gasteiger partial charge is 0.284 e. The van der Waals surface area contributed by atoms with Gasteiger partial charge in [-0.2, -0.15) is 0 Å². The third kappa shape index (κ3) is 3.25. The Morgan fingerprint density at radius 2 is 1.38 bits per heavy atom. The molecular formula is C11H5Cl6F4N3. The van der Waals surface area contributed by atoms with Crippen LogP contribution in [0.3, 0.4) is 0 Å². The number of benzene rings is 1. The van der Waals surface area contributed by atoms with Crippen molar-refractivity contribution in [3.8, 4) is 0 Å². The maximum absolute atomic E-state index is 15.4. The molecule has 1 unspecified atom stereocenters. The van der Waals surface area contributed by atoms with Gasteiger partial charge < -0.3 is 0 Å². The van der Waals surface area contributed by atoms with E-state index in [1.807, 2.05) is 0 Å². The molecule has 0 fully saturated rings. The fourth-order valence-corrected chi connectivity index (χ4v) is 3.16. The van der Waals surface area contributed by atoms with Crippen LogP contribution in [0.5, 0.6) is 0 Å². The Hall–Kier alpha value is 0.140. The van der Waals surface area contributed by atoms with Gasteiger partial charge in [0.25, 0.3) is 5.79 Å².